The highest BCUT2D eigenvalue weighted by molar-refractivity contribution is 5.98. The fourth-order valence-electron chi connectivity index (χ4n) is 4.26. The third-order valence-corrected chi connectivity index (χ3v) is 6.13. The summed E-state index contributed by atoms with van der Waals surface area (Å²) in [5, 5.41) is 7.00. The monoisotopic (exact) mass is 467 g/mol. The van der Waals surface area contributed by atoms with Crippen molar-refractivity contribution in [3.63, 3.8) is 0 Å². The third-order valence-electron chi connectivity index (χ3n) is 6.13. The fourth-order valence-corrected chi connectivity index (χ4v) is 4.26. The van der Waals surface area contributed by atoms with Gasteiger partial charge in [-0.2, -0.15) is 4.98 Å². The second-order valence-corrected chi connectivity index (χ2v) is 8.50. The molecule has 1 atom stereocenters. The number of nitrogens with zero attached hydrogens (tertiary/aromatic N) is 4. The van der Waals surface area contributed by atoms with Crippen molar-refractivity contribution < 1.29 is 14.1 Å². The van der Waals surface area contributed by atoms with E-state index in [2.05, 4.69) is 20.4 Å². The van der Waals surface area contributed by atoms with E-state index in [0.29, 0.717) is 37.8 Å². The molecule has 2 aromatic heterocycles. The molecule has 4 aromatic rings. The number of carbonyl (C=O) groups is 2. The summed E-state index contributed by atoms with van der Waals surface area (Å²) in [5.74, 6) is 0.787. The first kappa shape index (κ1) is 22.5. The number of benzene rings is 2. The molecule has 8 nitrogen and oxygen atoms in total. The van der Waals surface area contributed by atoms with Gasteiger partial charge >= 0.3 is 0 Å². The molecule has 8 heteroatoms. The van der Waals surface area contributed by atoms with Gasteiger partial charge < -0.3 is 14.7 Å². The molecule has 1 aliphatic rings. The van der Waals surface area contributed by atoms with E-state index >= 15 is 0 Å². The highest BCUT2D eigenvalue weighted by atomic mass is 16.5. The van der Waals surface area contributed by atoms with Gasteiger partial charge in [-0.3, -0.25) is 14.6 Å². The largest absolute Gasteiger partial charge is 0.355 e. The van der Waals surface area contributed by atoms with Crippen LogP contribution in [0.2, 0.25) is 0 Å². The lowest BCUT2D eigenvalue weighted by atomic mass is 9.98. The minimum atomic E-state index is -0.106. The Morgan fingerprint density at radius 3 is 2.60 bits per heavy atom. The van der Waals surface area contributed by atoms with Crippen molar-refractivity contribution in [1.82, 2.24) is 25.3 Å². The van der Waals surface area contributed by atoms with Crippen LogP contribution in [0.25, 0.3) is 11.4 Å². The van der Waals surface area contributed by atoms with Crippen LogP contribution in [-0.4, -0.2) is 44.9 Å². The molecule has 0 spiro atoms. The second-order valence-electron chi connectivity index (χ2n) is 8.50. The number of pyridine rings is 1. The van der Waals surface area contributed by atoms with Gasteiger partial charge in [0.2, 0.25) is 17.6 Å². The van der Waals surface area contributed by atoms with Gasteiger partial charge in [-0.05, 0) is 29.3 Å². The van der Waals surface area contributed by atoms with Gasteiger partial charge in [0.05, 0.1) is 0 Å². The van der Waals surface area contributed by atoms with Crippen LogP contribution >= 0.6 is 0 Å². The molecule has 1 N–H and O–H groups in total. The highest BCUT2D eigenvalue weighted by Crippen LogP contribution is 2.26. The number of rotatable bonds is 9. The molecule has 0 aliphatic carbocycles. The average Bonchev–Trinajstić information content (AvgIpc) is 3.51. The Labute approximate surface area is 203 Å². The number of carbonyl (C=O) groups excluding carboxylic acids is 2. The summed E-state index contributed by atoms with van der Waals surface area (Å²) in [6, 6.07) is 21.3. The predicted octanol–water partition coefficient (Wildman–Crippen LogP) is 3.62. The van der Waals surface area contributed by atoms with Crippen LogP contribution in [0.4, 0.5) is 0 Å². The first-order valence-electron chi connectivity index (χ1n) is 11.6. The summed E-state index contributed by atoms with van der Waals surface area (Å²) in [7, 11) is 0. The maximum atomic E-state index is 12.9. The van der Waals surface area contributed by atoms with E-state index in [9.17, 15) is 9.59 Å². The Kier molecular flexibility index (Phi) is 6.61. The van der Waals surface area contributed by atoms with Crippen LogP contribution in [-0.2, 0) is 17.8 Å². The van der Waals surface area contributed by atoms with Crippen LogP contribution in [0.1, 0.15) is 39.7 Å². The minimum absolute atomic E-state index is 0.0277. The van der Waals surface area contributed by atoms with E-state index in [1.807, 2.05) is 59.5 Å². The Hall–Kier alpha value is -4.33. The van der Waals surface area contributed by atoms with E-state index in [0.717, 1.165) is 22.3 Å². The molecule has 0 bridgehead atoms. The molecule has 5 rings (SSSR count). The molecule has 0 saturated carbocycles. The van der Waals surface area contributed by atoms with Crippen molar-refractivity contribution in [2.75, 3.05) is 13.1 Å². The number of nitrogens with one attached hydrogen (secondary N) is 1. The average molecular weight is 468 g/mol. The van der Waals surface area contributed by atoms with Gasteiger partial charge in [-0.1, -0.05) is 53.7 Å². The van der Waals surface area contributed by atoms with Gasteiger partial charge in [-0.15, -0.1) is 0 Å². The van der Waals surface area contributed by atoms with E-state index in [4.69, 9.17) is 4.52 Å². The maximum absolute atomic E-state index is 12.9. The van der Waals surface area contributed by atoms with Crippen molar-refractivity contribution >= 4 is 11.8 Å². The summed E-state index contributed by atoms with van der Waals surface area (Å²) in [5.41, 5.74) is 3.69. The molecule has 176 valence electrons. The van der Waals surface area contributed by atoms with Crippen LogP contribution in [0.15, 0.2) is 83.6 Å². The lowest BCUT2D eigenvalue weighted by Crippen LogP contribution is -2.36. The SMILES string of the molecule is O=C(CCc1nc(-c2ccncc2)no1)NC[C@@H](CN1Cc2ccccc2C1=O)c1ccccc1. The lowest BCUT2D eigenvalue weighted by molar-refractivity contribution is -0.121. The summed E-state index contributed by atoms with van der Waals surface area (Å²) >= 11 is 0. The topological polar surface area (TPSA) is 101 Å². The molecular weight excluding hydrogens is 442 g/mol. The van der Waals surface area contributed by atoms with Gasteiger partial charge in [0.15, 0.2) is 0 Å². The molecule has 3 heterocycles. The zero-order chi connectivity index (χ0) is 24.0. The van der Waals surface area contributed by atoms with Crippen LogP contribution in [0.3, 0.4) is 0 Å². The molecule has 2 aromatic carbocycles. The van der Waals surface area contributed by atoms with Crippen molar-refractivity contribution in [3.8, 4) is 11.4 Å². The maximum Gasteiger partial charge on any atom is 0.254 e. The normalized spacial score (nSPS) is 13.5. The summed E-state index contributed by atoms with van der Waals surface area (Å²) in [6.45, 7) is 1.54. The molecule has 0 saturated heterocycles. The number of amides is 2. The first-order chi connectivity index (χ1) is 17.2. The third kappa shape index (κ3) is 5.27. The zero-order valence-corrected chi connectivity index (χ0v) is 19.1. The number of fused-ring (bicyclic) bond motifs is 1. The standard InChI is InChI=1S/C27H25N5O3/c33-24(10-11-25-30-26(31-35-25)20-12-14-28-15-13-20)29-16-22(19-6-2-1-3-7-19)18-32-17-21-8-4-5-9-23(21)27(32)34/h1-9,12-15,22H,10-11,16-18H2,(H,29,33)/t22-/m0/s1. The van der Waals surface area contributed by atoms with E-state index < -0.39 is 0 Å². The van der Waals surface area contributed by atoms with Crippen LogP contribution in [0.5, 0.6) is 0 Å². The number of hydrogen-bond acceptors (Lipinski definition) is 6. The summed E-state index contributed by atoms with van der Waals surface area (Å²) in [6.07, 6.45) is 3.90. The molecule has 2 amide bonds. The first-order valence-corrected chi connectivity index (χ1v) is 11.6. The molecule has 35 heavy (non-hydrogen) atoms. The van der Waals surface area contributed by atoms with E-state index in [-0.39, 0.29) is 24.2 Å². The summed E-state index contributed by atoms with van der Waals surface area (Å²) < 4.78 is 5.29. The summed E-state index contributed by atoms with van der Waals surface area (Å²) in [4.78, 5) is 35.7. The smallest absolute Gasteiger partial charge is 0.254 e. The Morgan fingerprint density at radius 1 is 1.03 bits per heavy atom. The van der Waals surface area contributed by atoms with Crippen molar-refractivity contribution in [2.45, 2.75) is 25.3 Å². The van der Waals surface area contributed by atoms with Gasteiger partial charge in [0.25, 0.3) is 5.91 Å². The van der Waals surface area contributed by atoms with Crippen LogP contribution in [0, 0.1) is 0 Å². The number of hydrogen-bond donors (Lipinski definition) is 1. The Balaban J connectivity index is 1.18. The van der Waals surface area contributed by atoms with Crippen molar-refractivity contribution in [1.29, 1.82) is 0 Å². The Bertz CT molecular complexity index is 1310. The highest BCUT2D eigenvalue weighted by Gasteiger charge is 2.29. The van der Waals surface area contributed by atoms with Crippen molar-refractivity contribution in [2.24, 2.45) is 0 Å². The Morgan fingerprint density at radius 2 is 1.80 bits per heavy atom. The minimum Gasteiger partial charge on any atom is -0.355 e. The van der Waals surface area contributed by atoms with Gasteiger partial charge in [0, 0.05) is 61.9 Å². The van der Waals surface area contributed by atoms with E-state index in [1.54, 1.807) is 24.5 Å². The molecule has 0 radical (unpaired) electrons. The lowest BCUT2D eigenvalue weighted by Gasteiger charge is -2.24. The van der Waals surface area contributed by atoms with Crippen LogP contribution < -0.4 is 5.32 Å². The molecule has 0 unspecified atom stereocenters. The molecule has 1 aliphatic heterocycles. The second kappa shape index (κ2) is 10.3. The van der Waals surface area contributed by atoms with Crippen molar-refractivity contribution in [3.05, 3.63) is 102 Å². The predicted molar refractivity (Wildman–Crippen MR) is 129 cm³/mol. The van der Waals surface area contributed by atoms with Gasteiger partial charge in [0.1, 0.15) is 0 Å². The number of aryl methyl sites for hydroxylation is 1. The number of aromatic nitrogens is 3. The van der Waals surface area contributed by atoms with E-state index in [1.165, 1.54) is 0 Å². The fraction of sp³-hybridized carbons (Fsp3) is 0.222. The van der Waals surface area contributed by atoms with Gasteiger partial charge in [-0.25, -0.2) is 0 Å². The molecule has 0 fully saturated rings. The molecular formula is C27H25N5O3. The quantitative estimate of drug-likeness (QED) is 0.404. The zero-order valence-electron chi connectivity index (χ0n) is 19.1.